The summed E-state index contributed by atoms with van der Waals surface area (Å²) in [5.74, 6) is 0.679. The van der Waals surface area contributed by atoms with Gasteiger partial charge in [-0.1, -0.05) is 32.0 Å². The molecule has 1 amide bonds. The minimum Gasteiger partial charge on any atom is -0.358 e. The van der Waals surface area contributed by atoms with Crippen molar-refractivity contribution in [2.75, 3.05) is 5.32 Å². The third kappa shape index (κ3) is 4.09. The third-order valence-electron chi connectivity index (χ3n) is 3.95. The summed E-state index contributed by atoms with van der Waals surface area (Å²) in [4.78, 5) is 25.4. The van der Waals surface area contributed by atoms with Gasteiger partial charge in [-0.15, -0.1) is 0 Å². The molecule has 3 aromatic rings. The number of pyridine rings is 1. The predicted octanol–water partition coefficient (Wildman–Crippen LogP) is 2.78. The lowest BCUT2D eigenvalue weighted by molar-refractivity contribution is -0.122. The molecule has 25 heavy (non-hydrogen) atoms. The van der Waals surface area contributed by atoms with Crippen LogP contribution in [0.25, 0.3) is 10.9 Å². The number of rotatable bonds is 6. The van der Waals surface area contributed by atoms with E-state index in [1.165, 1.54) is 6.33 Å². The lowest BCUT2D eigenvalue weighted by Gasteiger charge is -2.22. The van der Waals surface area contributed by atoms with Crippen LogP contribution < -0.4 is 10.6 Å². The molecule has 6 nitrogen and oxygen atoms in total. The standard InChI is InChI=1S/C19H21N5O/c1-13(2)17(19(25)21-11-14-7-5-6-10-20-14)24-18-15-8-3-4-9-16(15)22-12-23-18/h3-10,12-13,17H,11H2,1-2H3,(H,21,25)(H,22,23,24)/t17-/m1/s1. The molecule has 3 rings (SSSR count). The second kappa shape index (κ2) is 7.70. The number of aromatic nitrogens is 3. The maximum absolute atomic E-state index is 12.7. The second-order valence-corrected chi connectivity index (χ2v) is 6.14. The average molecular weight is 335 g/mol. The summed E-state index contributed by atoms with van der Waals surface area (Å²) in [6.45, 7) is 4.40. The van der Waals surface area contributed by atoms with Crippen molar-refractivity contribution in [3.05, 3.63) is 60.7 Å². The molecule has 0 spiro atoms. The van der Waals surface area contributed by atoms with Crippen molar-refractivity contribution in [1.29, 1.82) is 0 Å². The van der Waals surface area contributed by atoms with Crippen molar-refractivity contribution >= 4 is 22.6 Å². The SMILES string of the molecule is CC(C)[C@@H](Nc1ncnc2ccccc12)C(=O)NCc1ccccn1. The zero-order chi connectivity index (χ0) is 17.6. The van der Waals surface area contributed by atoms with Gasteiger partial charge in [-0.05, 0) is 30.2 Å². The van der Waals surface area contributed by atoms with E-state index in [0.29, 0.717) is 12.4 Å². The zero-order valence-corrected chi connectivity index (χ0v) is 14.3. The summed E-state index contributed by atoms with van der Waals surface area (Å²) in [5.41, 5.74) is 1.67. The number of anilines is 1. The van der Waals surface area contributed by atoms with E-state index in [1.54, 1.807) is 6.20 Å². The topological polar surface area (TPSA) is 79.8 Å². The highest BCUT2D eigenvalue weighted by Crippen LogP contribution is 2.20. The first-order valence-corrected chi connectivity index (χ1v) is 8.29. The molecule has 0 fully saturated rings. The molecule has 2 heterocycles. The Balaban J connectivity index is 1.75. The molecule has 0 aliphatic carbocycles. The molecule has 0 aliphatic heterocycles. The molecule has 0 saturated heterocycles. The Morgan fingerprint density at radius 1 is 1.04 bits per heavy atom. The van der Waals surface area contributed by atoms with Crippen LogP contribution in [0, 0.1) is 5.92 Å². The van der Waals surface area contributed by atoms with Gasteiger partial charge in [0.05, 0.1) is 17.8 Å². The number of benzene rings is 1. The zero-order valence-electron chi connectivity index (χ0n) is 14.3. The first-order valence-electron chi connectivity index (χ1n) is 8.29. The molecule has 0 bridgehead atoms. The van der Waals surface area contributed by atoms with Gasteiger partial charge in [0, 0.05) is 11.6 Å². The smallest absolute Gasteiger partial charge is 0.243 e. The maximum Gasteiger partial charge on any atom is 0.243 e. The summed E-state index contributed by atoms with van der Waals surface area (Å²) >= 11 is 0. The average Bonchev–Trinajstić information content (AvgIpc) is 2.65. The van der Waals surface area contributed by atoms with Crippen LogP contribution in [0.2, 0.25) is 0 Å². The summed E-state index contributed by atoms with van der Waals surface area (Å²) in [6, 6.07) is 13.0. The Hall–Kier alpha value is -3.02. The number of hydrogen-bond donors (Lipinski definition) is 2. The van der Waals surface area contributed by atoms with Crippen LogP contribution >= 0.6 is 0 Å². The summed E-state index contributed by atoms with van der Waals surface area (Å²) < 4.78 is 0. The van der Waals surface area contributed by atoms with Crippen LogP contribution in [0.3, 0.4) is 0 Å². The third-order valence-corrected chi connectivity index (χ3v) is 3.95. The molecule has 0 aliphatic rings. The maximum atomic E-state index is 12.7. The number of nitrogens with one attached hydrogen (secondary N) is 2. The van der Waals surface area contributed by atoms with Crippen molar-refractivity contribution in [3.8, 4) is 0 Å². The first kappa shape index (κ1) is 16.8. The van der Waals surface area contributed by atoms with Crippen LogP contribution in [0.4, 0.5) is 5.82 Å². The quantitative estimate of drug-likeness (QED) is 0.724. The Labute approximate surface area is 146 Å². The number of hydrogen-bond acceptors (Lipinski definition) is 5. The highest BCUT2D eigenvalue weighted by Gasteiger charge is 2.23. The van der Waals surface area contributed by atoms with Crippen molar-refractivity contribution in [2.45, 2.75) is 26.4 Å². The van der Waals surface area contributed by atoms with E-state index in [2.05, 4.69) is 25.6 Å². The Kier molecular flexibility index (Phi) is 5.18. The summed E-state index contributed by atoms with van der Waals surface area (Å²) in [7, 11) is 0. The fourth-order valence-corrected chi connectivity index (χ4v) is 2.59. The van der Waals surface area contributed by atoms with E-state index in [4.69, 9.17) is 0 Å². The highest BCUT2D eigenvalue weighted by molar-refractivity contribution is 5.92. The van der Waals surface area contributed by atoms with Gasteiger partial charge in [0.1, 0.15) is 18.2 Å². The largest absolute Gasteiger partial charge is 0.358 e. The molecule has 2 N–H and O–H groups in total. The van der Waals surface area contributed by atoms with Gasteiger partial charge < -0.3 is 10.6 Å². The second-order valence-electron chi connectivity index (χ2n) is 6.14. The fraction of sp³-hybridized carbons (Fsp3) is 0.263. The molecule has 1 aromatic carbocycles. The Bertz CT molecular complexity index is 845. The van der Waals surface area contributed by atoms with Crippen molar-refractivity contribution in [1.82, 2.24) is 20.3 Å². The van der Waals surface area contributed by atoms with Gasteiger partial charge in [0.2, 0.25) is 5.91 Å². The van der Waals surface area contributed by atoms with E-state index in [1.807, 2.05) is 56.3 Å². The fourth-order valence-electron chi connectivity index (χ4n) is 2.59. The number of carbonyl (C=O) groups excluding carboxylic acids is 1. The molecule has 0 unspecified atom stereocenters. The van der Waals surface area contributed by atoms with Gasteiger partial charge in [0.25, 0.3) is 0 Å². The lowest BCUT2D eigenvalue weighted by atomic mass is 10.0. The molecule has 2 aromatic heterocycles. The van der Waals surface area contributed by atoms with Crippen LogP contribution in [-0.2, 0) is 11.3 Å². The predicted molar refractivity (Wildman–Crippen MR) is 97.9 cm³/mol. The Morgan fingerprint density at radius 2 is 1.84 bits per heavy atom. The number of nitrogens with zero attached hydrogens (tertiary/aromatic N) is 3. The summed E-state index contributed by atoms with van der Waals surface area (Å²) in [5, 5.41) is 7.11. The molecular formula is C19H21N5O. The van der Waals surface area contributed by atoms with Crippen LogP contribution in [0.15, 0.2) is 55.0 Å². The van der Waals surface area contributed by atoms with Gasteiger partial charge in [0.15, 0.2) is 0 Å². The monoisotopic (exact) mass is 335 g/mol. The number of fused-ring (bicyclic) bond motifs is 1. The van der Waals surface area contributed by atoms with E-state index < -0.39 is 6.04 Å². The molecule has 1 atom stereocenters. The van der Waals surface area contributed by atoms with Crippen LogP contribution in [-0.4, -0.2) is 26.9 Å². The Morgan fingerprint density at radius 3 is 2.60 bits per heavy atom. The van der Waals surface area contributed by atoms with E-state index in [-0.39, 0.29) is 11.8 Å². The minimum absolute atomic E-state index is 0.0802. The number of para-hydroxylation sites is 1. The van der Waals surface area contributed by atoms with Crippen LogP contribution in [0.1, 0.15) is 19.5 Å². The number of amides is 1. The van der Waals surface area contributed by atoms with Gasteiger partial charge >= 0.3 is 0 Å². The van der Waals surface area contributed by atoms with Crippen molar-refractivity contribution in [2.24, 2.45) is 5.92 Å². The van der Waals surface area contributed by atoms with E-state index in [9.17, 15) is 4.79 Å². The van der Waals surface area contributed by atoms with Crippen molar-refractivity contribution in [3.63, 3.8) is 0 Å². The van der Waals surface area contributed by atoms with E-state index in [0.717, 1.165) is 16.6 Å². The minimum atomic E-state index is -0.401. The van der Waals surface area contributed by atoms with Crippen LogP contribution in [0.5, 0.6) is 0 Å². The first-order chi connectivity index (χ1) is 12.1. The molecule has 0 radical (unpaired) electrons. The lowest BCUT2D eigenvalue weighted by Crippen LogP contribution is -2.43. The van der Waals surface area contributed by atoms with Crippen molar-refractivity contribution < 1.29 is 4.79 Å². The summed E-state index contributed by atoms with van der Waals surface area (Å²) in [6.07, 6.45) is 3.22. The highest BCUT2D eigenvalue weighted by atomic mass is 16.2. The van der Waals surface area contributed by atoms with E-state index >= 15 is 0 Å². The number of carbonyl (C=O) groups is 1. The van der Waals surface area contributed by atoms with Gasteiger partial charge in [-0.2, -0.15) is 0 Å². The van der Waals surface area contributed by atoms with Gasteiger partial charge in [-0.3, -0.25) is 9.78 Å². The molecule has 128 valence electrons. The normalized spacial score (nSPS) is 12.1. The molecular weight excluding hydrogens is 314 g/mol. The van der Waals surface area contributed by atoms with Gasteiger partial charge in [-0.25, -0.2) is 9.97 Å². The molecule has 0 saturated carbocycles. The molecule has 6 heteroatoms.